The molecule has 1 N–H and O–H groups in total. The highest BCUT2D eigenvalue weighted by Gasteiger charge is 2.27. The Kier molecular flexibility index (Phi) is 12.0. The molecule has 0 fully saturated rings. The van der Waals surface area contributed by atoms with Crippen LogP contribution in [0.25, 0.3) is 5.57 Å². The van der Waals surface area contributed by atoms with Crippen LogP contribution >= 0.6 is 11.3 Å². The summed E-state index contributed by atoms with van der Waals surface area (Å²) in [4.78, 5) is 31.8. The molecule has 0 saturated carbocycles. The standard InChI is InChI=1S/C35H42N2O6S/c1-5-28(36-34(41-4)27-10-7-6-9-26(21-27)32-11-8-20-44-32)17-19-42-31-14-12-25(13-15-33(38)39)30-22-37(18-16-29(30)31)35(40)43-23-24(2)3/h5-6,8-12,14,20-21,24H,7,13,15-19,22-23H2,1-4H3,(H,38,39)/b28-5+,36-34?. The van der Waals surface area contributed by atoms with Gasteiger partial charge >= 0.3 is 12.1 Å². The van der Waals surface area contributed by atoms with Crippen LogP contribution in [0.15, 0.2) is 76.3 Å². The van der Waals surface area contributed by atoms with Gasteiger partial charge in [-0.25, -0.2) is 9.79 Å². The molecule has 8 nitrogen and oxygen atoms in total. The molecule has 2 aromatic rings. The molecular formula is C35H42N2O6S. The van der Waals surface area contributed by atoms with Gasteiger partial charge in [-0.15, -0.1) is 11.3 Å². The number of hydrogen-bond donors (Lipinski definition) is 1. The number of benzene rings is 1. The van der Waals surface area contributed by atoms with Gasteiger partial charge in [0, 0.05) is 47.6 Å². The molecule has 0 bridgehead atoms. The third-order valence-electron chi connectivity index (χ3n) is 7.39. The number of aryl methyl sites for hydroxylation is 1. The molecule has 1 aliphatic heterocycles. The maximum absolute atomic E-state index is 12.7. The molecule has 4 rings (SSSR count). The van der Waals surface area contributed by atoms with Crippen molar-refractivity contribution in [3.63, 3.8) is 0 Å². The molecule has 0 unspecified atom stereocenters. The average molecular weight is 619 g/mol. The summed E-state index contributed by atoms with van der Waals surface area (Å²) in [6, 6.07) is 7.99. The number of rotatable bonds is 12. The molecule has 1 aromatic heterocycles. The Morgan fingerprint density at radius 3 is 2.73 bits per heavy atom. The van der Waals surface area contributed by atoms with Crippen molar-refractivity contribution in [3.8, 4) is 5.75 Å². The summed E-state index contributed by atoms with van der Waals surface area (Å²) in [5, 5.41) is 11.3. The fourth-order valence-electron chi connectivity index (χ4n) is 5.10. The zero-order chi connectivity index (χ0) is 31.5. The van der Waals surface area contributed by atoms with E-state index in [0.29, 0.717) is 51.5 Å². The monoisotopic (exact) mass is 618 g/mol. The van der Waals surface area contributed by atoms with Crippen molar-refractivity contribution in [1.29, 1.82) is 0 Å². The maximum atomic E-state index is 12.7. The van der Waals surface area contributed by atoms with Crippen LogP contribution in [0, 0.1) is 5.92 Å². The third kappa shape index (κ3) is 8.95. The lowest BCUT2D eigenvalue weighted by atomic mass is 9.92. The Labute approximate surface area is 264 Å². The predicted octanol–water partition coefficient (Wildman–Crippen LogP) is 7.60. The highest BCUT2D eigenvalue weighted by atomic mass is 32.1. The van der Waals surface area contributed by atoms with E-state index in [9.17, 15) is 14.7 Å². The normalized spacial score (nSPS) is 15.3. The minimum atomic E-state index is -0.855. The summed E-state index contributed by atoms with van der Waals surface area (Å²) in [5.41, 5.74) is 5.79. The minimum absolute atomic E-state index is 0.0193. The smallest absolute Gasteiger partial charge is 0.410 e. The summed E-state index contributed by atoms with van der Waals surface area (Å²) in [5.74, 6) is 0.698. The van der Waals surface area contributed by atoms with Crippen LogP contribution in [0.3, 0.4) is 0 Å². The Bertz CT molecular complexity index is 1470. The molecule has 9 heteroatoms. The highest BCUT2D eigenvalue weighted by molar-refractivity contribution is 7.11. The van der Waals surface area contributed by atoms with Gasteiger partial charge in [0.1, 0.15) is 5.75 Å². The fraction of sp³-hybridized carbons (Fsp3) is 0.400. The van der Waals surface area contributed by atoms with Gasteiger partial charge in [-0.05, 0) is 72.4 Å². The lowest BCUT2D eigenvalue weighted by molar-refractivity contribution is -0.136. The van der Waals surface area contributed by atoms with E-state index in [1.54, 1.807) is 23.3 Å². The first-order valence-electron chi connectivity index (χ1n) is 15.1. The zero-order valence-corrected chi connectivity index (χ0v) is 26.8. The van der Waals surface area contributed by atoms with E-state index in [4.69, 9.17) is 19.2 Å². The highest BCUT2D eigenvalue weighted by Crippen LogP contribution is 2.33. The van der Waals surface area contributed by atoms with Gasteiger partial charge in [-0.3, -0.25) is 4.79 Å². The lowest BCUT2D eigenvalue weighted by Crippen LogP contribution is -2.37. The number of carboxylic acids is 1. The van der Waals surface area contributed by atoms with Crippen molar-refractivity contribution in [2.75, 3.05) is 26.9 Å². The quantitative estimate of drug-likeness (QED) is 0.194. The Morgan fingerprint density at radius 1 is 1.18 bits per heavy atom. The number of nitrogens with zero attached hydrogens (tertiary/aromatic N) is 2. The summed E-state index contributed by atoms with van der Waals surface area (Å²) in [7, 11) is 1.64. The summed E-state index contributed by atoms with van der Waals surface area (Å²) >= 11 is 1.70. The van der Waals surface area contributed by atoms with Gasteiger partial charge in [0.25, 0.3) is 0 Å². The van der Waals surface area contributed by atoms with Gasteiger partial charge in [0.15, 0.2) is 0 Å². The first-order chi connectivity index (χ1) is 21.3. The van der Waals surface area contributed by atoms with Crippen LogP contribution < -0.4 is 4.74 Å². The second-order valence-electron chi connectivity index (χ2n) is 11.1. The molecule has 44 heavy (non-hydrogen) atoms. The van der Waals surface area contributed by atoms with Crippen molar-refractivity contribution in [3.05, 3.63) is 92.9 Å². The molecule has 2 aliphatic rings. The van der Waals surface area contributed by atoms with Gasteiger partial charge in [-0.1, -0.05) is 50.3 Å². The van der Waals surface area contributed by atoms with Crippen LogP contribution in [0.4, 0.5) is 4.79 Å². The molecule has 234 valence electrons. The van der Waals surface area contributed by atoms with Gasteiger partial charge in [0.05, 0.1) is 20.3 Å². The minimum Gasteiger partial charge on any atom is -0.493 e. The van der Waals surface area contributed by atoms with Crippen LogP contribution in [0.1, 0.15) is 61.6 Å². The van der Waals surface area contributed by atoms with Crippen molar-refractivity contribution in [2.24, 2.45) is 10.9 Å². The molecule has 0 radical (unpaired) electrons. The lowest BCUT2D eigenvalue weighted by Gasteiger charge is -2.31. The summed E-state index contributed by atoms with van der Waals surface area (Å²) in [6.45, 7) is 7.58. The van der Waals surface area contributed by atoms with Gasteiger partial charge in [-0.2, -0.15) is 0 Å². The van der Waals surface area contributed by atoms with Crippen molar-refractivity contribution < 1.29 is 28.9 Å². The van der Waals surface area contributed by atoms with E-state index < -0.39 is 5.97 Å². The number of aliphatic imine (C=N–C) groups is 1. The van der Waals surface area contributed by atoms with E-state index >= 15 is 0 Å². The number of carboxylic acid groups (broad SMARTS) is 1. The Hall–Kier alpha value is -4.11. The number of allylic oxidation sites excluding steroid dienone is 5. The molecule has 2 heterocycles. The number of fused-ring (bicyclic) bond motifs is 1. The van der Waals surface area contributed by atoms with Gasteiger partial charge < -0.3 is 24.2 Å². The largest absolute Gasteiger partial charge is 0.493 e. The SMILES string of the molecule is C/C=C(\CCOc1ccc(CCC(=O)O)c2c1CCN(C(=O)OCC(C)C)C2)N=C(OC)C1=CCC=CC(c2cccs2)=C1. The van der Waals surface area contributed by atoms with Crippen molar-refractivity contribution >= 4 is 34.9 Å². The number of carbonyl (C=O) groups excluding carboxylic acids is 1. The average Bonchev–Trinajstić information content (AvgIpc) is 3.45. The fourth-order valence-corrected chi connectivity index (χ4v) is 5.83. The number of carbonyl (C=O) groups is 2. The van der Waals surface area contributed by atoms with E-state index in [2.05, 4.69) is 35.8 Å². The second-order valence-corrected chi connectivity index (χ2v) is 12.0. The zero-order valence-electron chi connectivity index (χ0n) is 26.0. The van der Waals surface area contributed by atoms with Crippen LogP contribution in [0.2, 0.25) is 0 Å². The Balaban J connectivity index is 1.47. The second kappa shape index (κ2) is 16.1. The van der Waals surface area contributed by atoms with Crippen molar-refractivity contribution in [1.82, 2.24) is 4.90 Å². The maximum Gasteiger partial charge on any atom is 0.410 e. The van der Waals surface area contributed by atoms with Crippen molar-refractivity contribution in [2.45, 2.75) is 59.4 Å². The summed E-state index contributed by atoms with van der Waals surface area (Å²) < 4.78 is 17.5. The molecule has 1 aliphatic carbocycles. The Morgan fingerprint density at radius 2 is 2.02 bits per heavy atom. The summed E-state index contributed by atoms with van der Waals surface area (Å²) in [6.07, 6.45) is 12.5. The number of aliphatic carboxylic acids is 1. The molecule has 1 amide bonds. The van der Waals surface area contributed by atoms with E-state index in [0.717, 1.165) is 45.7 Å². The van der Waals surface area contributed by atoms with Crippen LogP contribution in [-0.4, -0.2) is 54.8 Å². The van der Waals surface area contributed by atoms with E-state index in [-0.39, 0.29) is 18.4 Å². The van der Waals surface area contributed by atoms with Crippen LogP contribution in [-0.2, 0) is 33.7 Å². The predicted molar refractivity (Wildman–Crippen MR) is 175 cm³/mol. The number of amides is 1. The van der Waals surface area contributed by atoms with E-state index in [1.807, 2.05) is 45.0 Å². The number of methoxy groups -OCH3 is 1. The topological polar surface area (TPSA) is 97.7 Å². The molecule has 0 spiro atoms. The number of thiophene rings is 1. The van der Waals surface area contributed by atoms with E-state index in [1.165, 1.54) is 4.88 Å². The number of hydrogen-bond acceptors (Lipinski definition) is 7. The third-order valence-corrected chi connectivity index (χ3v) is 8.31. The molecule has 1 aromatic carbocycles. The van der Waals surface area contributed by atoms with Gasteiger partial charge in [0.2, 0.25) is 5.90 Å². The molecule has 0 atom stereocenters. The number of ether oxygens (including phenoxy) is 3. The molecular weight excluding hydrogens is 576 g/mol. The first-order valence-corrected chi connectivity index (χ1v) is 16.0. The molecule has 0 saturated heterocycles. The van der Waals surface area contributed by atoms with Crippen LogP contribution in [0.5, 0.6) is 5.75 Å². The first kappa shape index (κ1) is 32.8.